The third kappa shape index (κ3) is 4.42. The maximum Gasteiger partial charge on any atom is 0.169 e. The van der Waals surface area contributed by atoms with Crippen molar-refractivity contribution in [1.82, 2.24) is 9.55 Å². The van der Waals surface area contributed by atoms with Gasteiger partial charge in [-0.2, -0.15) is 5.26 Å². The number of fused-ring (bicyclic) bond motifs is 3. The molecular formula is C27H21Cl2F2N3S. The van der Waals surface area contributed by atoms with Gasteiger partial charge in [0.1, 0.15) is 17.7 Å². The number of allylic oxidation sites excluding steroid dienone is 4. The topological polar surface area (TPSA) is 41.6 Å². The second-order valence-corrected chi connectivity index (χ2v) is 10.9. The molecule has 2 aromatic carbocycles. The molecule has 3 nitrogen and oxygen atoms in total. The molecule has 3 aromatic rings. The maximum atomic E-state index is 14.2. The lowest BCUT2D eigenvalue weighted by atomic mass is 9.68. The molecule has 0 saturated heterocycles. The van der Waals surface area contributed by atoms with Crippen LogP contribution in [0.1, 0.15) is 48.2 Å². The standard InChI is InChI=1S/C27H21Cl2F2N3S/c1-27(19-4-7-21(28)22(29)11-19)12-17-3-5-20(30)6-9-24(17)34-25(27)14-33-26(34)35-15-16-2-8-23(31)18(10-16)13-32/h2,4-11,14,17,24H,3,12,15H2,1H3. The Kier molecular flexibility index (Phi) is 6.52. The van der Waals surface area contributed by atoms with Crippen molar-refractivity contribution >= 4 is 35.0 Å². The zero-order valence-electron chi connectivity index (χ0n) is 18.8. The van der Waals surface area contributed by atoms with E-state index in [-0.39, 0.29) is 23.4 Å². The van der Waals surface area contributed by atoms with Gasteiger partial charge in [0, 0.05) is 16.9 Å². The van der Waals surface area contributed by atoms with Crippen molar-refractivity contribution in [2.75, 3.05) is 0 Å². The molecule has 8 heteroatoms. The quantitative estimate of drug-likeness (QED) is 0.321. The number of hydrogen-bond acceptors (Lipinski definition) is 3. The molecule has 1 aliphatic carbocycles. The molecule has 0 amide bonds. The molecule has 5 rings (SSSR count). The minimum Gasteiger partial charge on any atom is -0.315 e. The Morgan fingerprint density at radius 1 is 1.20 bits per heavy atom. The first-order chi connectivity index (χ1) is 16.8. The average molecular weight is 528 g/mol. The normalized spacial score (nSPS) is 23.1. The highest BCUT2D eigenvalue weighted by molar-refractivity contribution is 7.98. The summed E-state index contributed by atoms with van der Waals surface area (Å²) in [5.41, 5.74) is 2.48. The van der Waals surface area contributed by atoms with Crippen LogP contribution in [0.2, 0.25) is 10.0 Å². The molecule has 1 aromatic heterocycles. The summed E-state index contributed by atoms with van der Waals surface area (Å²) in [5, 5.41) is 10.9. The molecule has 0 fully saturated rings. The molecule has 1 aliphatic heterocycles. The molecule has 3 atom stereocenters. The summed E-state index contributed by atoms with van der Waals surface area (Å²) in [7, 11) is 0. The smallest absolute Gasteiger partial charge is 0.169 e. The number of rotatable bonds is 4. The first-order valence-electron chi connectivity index (χ1n) is 11.2. The summed E-state index contributed by atoms with van der Waals surface area (Å²) in [6.07, 6.45) is 8.37. The van der Waals surface area contributed by atoms with Gasteiger partial charge in [0.15, 0.2) is 5.16 Å². The highest BCUT2D eigenvalue weighted by Gasteiger charge is 2.44. The summed E-state index contributed by atoms with van der Waals surface area (Å²) in [6.45, 7) is 2.17. The Morgan fingerprint density at radius 2 is 2.03 bits per heavy atom. The van der Waals surface area contributed by atoms with Gasteiger partial charge in [-0.25, -0.2) is 13.8 Å². The first kappa shape index (κ1) is 24.1. The van der Waals surface area contributed by atoms with E-state index in [1.54, 1.807) is 24.3 Å². The van der Waals surface area contributed by atoms with E-state index in [9.17, 15) is 8.78 Å². The Bertz CT molecular complexity index is 1410. The third-order valence-electron chi connectivity index (χ3n) is 6.92. The van der Waals surface area contributed by atoms with E-state index in [0.29, 0.717) is 22.2 Å². The van der Waals surface area contributed by atoms with Crippen molar-refractivity contribution in [1.29, 1.82) is 5.26 Å². The van der Waals surface area contributed by atoms with Crippen LogP contribution in [0.4, 0.5) is 8.78 Å². The number of thioether (sulfide) groups is 1. The van der Waals surface area contributed by atoms with Gasteiger partial charge in [-0.3, -0.25) is 0 Å². The van der Waals surface area contributed by atoms with Crippen molar-refractivity contribution in [3.8, 4) is 6.07 Å². The van der Waals surface area contributed by atoms with Crippen LogP contribution in [0.3, 0.4) is 0 Å². The van der Waals surface area contributed by atoms with E-state index >= 15 is 0 Å². The van der Waals surface area contributed by atoms with Crippen LogP contribution in [0, 0.1) is 23.1 Å². The van der Waals surface area contributed by atoms with E-state index in [2.05, 4.69) is 11.5 Å². The Labute approximate surface area is 217 Å². The molecule has 2 aliphatic rings. The summed E-state index contributed by atoms with van der Waals surface area (Å²) in [5.74, 6) is -0.0986. The molecular weight excluding hydrogens is 507 g/mol. The molecule has 0 bridgehead atoms. The van der Waals surface area contributed by atoms with Gasteiger partial charge in [0.25, 0.3) is 0 Å². The fourth-order valence-electron chi connectivity index (χ4n) is 5.10. The second-order valence-electron chi connectivity index (χ2n) is 9.11. The van der Waals surface area contributed by atoms with E-state index in [0.717, 1.165) is 28.4 Å². The summed E-state index contributed by atoms with van der Waals surface area (Å²) in [4.78, 5) is 4.76. The first-order valence-corrected chi connectivity index (χ1v) is 12.9. The van der Waals surface area contributed by atoms with E-state index in [1.165, 1.54) is 23.9 Å². The fraction of sp³-hybridized carbons (Fsp3) is 0.259. The molecule has 0 radical (unpaired) electrons. The van der Waals surface area contributed by atoms with Gasteiger partial charge in [-0.05, 0) is 73.2 Å². The molecule has 35 heavy (non-hydrogen) atoms. The van der Waals surface area contributed by atoms with Crippen molar-refractivity contribution < 1.29 is 8.78 Å². The van der Waals surface area contributed by atoms with Gasteiger partial charge >= 0.3 is 0 Å². The molecule has 3 unspecified atom stereocenters. The number of nitrogens with zero attached hydrogens (tertiary/aromatic N) is 3. The van der Waals surface area contributed by atoms with Crippen LogP contribution in [-0.2, 0) is 11.2 Å². The minimum absolute atomic E-state index is 0.0220. The highest BCUT2D eigenvalue weighted by atomic mass is 35.5. The Hall–Kier alpha value is -2.59. The third-order valence-corrected chi connectivity index (χ3v) is 8.70. The maximum absolute atomic E-state index is 14.2. The van der Waals surface area contributed by atoms with Gasteiger partial charge in [0.05, 0.1) is 27.8 Å². The van der Waals surface area contributed by atoms with Crippen LogP contribution < -0.4 is 0 Å². The lowest BCUT2D eigenvalue weighted by Gasteiger charge is -2.43. The SMILES string of the molecule is CC1(c2ccc(Cl)c(Cl)c2)CC2CC=C(F)C=CC2n2c1cnc2SCc1ccc(F)c(C#N)c1. The molecule has 0 saturated carbocycles. The number of aromatic nitrogens is 2. The number of hydrogen-bond donors (Lipinski definition) is 0. The summed E-state index contributed by atoms with van der Waals surface area (Å²) < 4.78 is 30.2. The molecule has 2 heterocycles. The van der Waals surface area contributed by atoms with Crippen LogP contribution in [0.25, 0.3) is 0 Å². The van der Waals surface area contributed by atoms with E-state index in [4.69, 9.17) is 33.4 Å². The zero-order valence-corrected chi connectivity index (χ0v) is 21.1. The van der Waals surface area contributed by atoms with Crippen LogP contribution in [0.5, 0.6) is 0 Å². The lowest BCUT2D eigenvalue weighted by molar-refractivity contribution is 0.240. The lowest BCUT2D eigenvalue weighted by Crippen LogP contribution is -2.39. The Balaban J connectivity index is 1.57. The van der Waals surface area contributed by atoms with Crippen LogP contribution in [0.15, 0.2) is 71.8 Å². The zero-order chi connectivity index (χ0) is 24.7. The second kappa shape index (κ2) is 9.46. The Morgan fingerprint density at radius 3 is 2.80 bits per heavy atom. The number of halogens is 4. The van der Waals surface area contributed by atoms with Gasteiger partial charge in [-0.1, -0.05) is 53.2 Å². The summed E-state index contributed by atoms with van der Waals surface area (Å²) in [6, 6.07) is 12.1. The predicted molar refractivity (Wildman–Crippen MR) is 136 cm³/mol. The number of benzene rings is 2. The number of imidazole rings is 1. The highest BCUT2D eigenvalue weighted by Crippen LogP contribution is 2.51. The van der Waals surface area contributed by atoms with Crippen LogP contribution >= 0.6 is 35.0 Å². The number of nitriles is 1. The van der Waals surface area contributed by atoms with Crippen molar-refractivity contribution in [3.05, 3.63) is 105 Å². The molecule has 0 spiro atoms. The predicted octanol–water partition coefficient (Wildman–Crippen LogP) is 8.17. The van der Waals surface area contributed by atoms with E-state index in [1.807, 2.05) is 30.5 Å². The monoisotopic (exact) mass is 527 g/mol. The van der Waals surface area contributed by atoms with Gasteiger partial charge in [0.2, 0.25) is 0 Å². The molecule has 0 N–H and O–H groups in total. The van der Waals surface area contributed by atoms with E-state index < -0.39 is 11.2 Å². The van der Waals surface area contributed by atoms with Crippen molar-refractivity contribution in [3.63, 3.8) is 0 Å². The van der Waals surface area contributed by atoms with Crippen molar-refractivity contribution in [2.24, 2.45) is 5.92 Å². The van der Waals surface area contributed by atoms with Crippen LogP contribution in [-0.4, -0.2) is 9.55 Å². The van der Waals surface area contributed by atoms with Crippen molar-refractivity contribution in [2.45, 2.75) is 42.1 Å². The summed E-state index contributed by atoms with van der Waals surface area (Å²) >= 11 is 14.1. The minimum atomic E-state index is -0.530. The van der Waals surface area contributed by atoms with Gasteiger partial charge in [-0.15, -0.1) is 0 Å². The largest absolute Gasteiger partial charge is 0.315 e. The van der Waals surface area contributed by atoms with Gasteiger partial charge < -0.3 is 4.57 Å². The molecule has 178 valence electrons. The fourth-order valence-corrected chi connectivity index (χ4v) is 6.36. The average Bonchev–Trinajstić information content (AvgIpc) is 3.19.